The first kappa shape index (κ1) is 20.6. The van der Waals surface area contributed by atoms with E-state index in [0.717, 1.165) is 5.69 Å². The van der Waals surface area contributed by atoms with E-state index in [4.69, 9.17) is 16.3 Å². The largest absolute Gasteiger partial charge is 0.444 e. The Kier molecular flexibility index (Phi) is 5.18. The van der Waals surface area contributed by atoms with Crippen molar-refractivity contribution in [3.8, 4) is 0 Å². The van der Waals surface area contributed by atoms with Crippen LogP contribution in [0.3, 0.4) is 0 Å². The third-order valence-corrected chi connectivity index (χ3v) is 5.88. The van der Waals surface area contributed by atoms with Gasteiger partial charge in [-0.2, -0.15) is 0 Å². The van der Waals surface area contributed by atoms with Crippen LogP contribution in [0.1, 0.15) is 45.3 Å². The third-order valence-electron chi connectivity index (χ3n) is 5.67. The summed E-state index contributed by atoms with van der Waals surface area (Å²) in [6.45, 7) is 6.47. The van der Waals surface area contributed by atoms with E-state index in [1.807, 2.05) is 39.0 Å². The number of rotatable bonds is 2. The first-order chi connectivity index (χ1) is 14.2. The number of likely N-dealkylation sites (tertiary alicyclic amines) is 1. The SMILES string of the molecule is CC(C)(C)OC(=O)N1CCC2(CC1)C(=O)N(c1cncc(Cl)c1)C2c1ccccn1. The van der Waals surface area contributed by atoms with Gasteiger partial charge in [0.15, 0.2) is 0 Å². The Hall–Kier alpha value is -2.67. The molecule has 0 aliphatic carbocycles. The van der Waals surface area contributed by atoms with E-state index in [9.17, 15) is 9.59 Å². The van der Waals surface area contributed by atoms with Gasteiger partial charge in [-0.25, -0.2) is 4.79 Å². The summed E-state index contributed by atoms with van der Waals surface area (Å²) in [5.74, 6) is 0.0195. The second-order valence-electron chi connectivity index (χ2n) is 8.82. The van der Waals surface area contributed by atoms with Crippen LogP contribution in [-0.2, 0) is 9.53 Å². The van der Waals surface area contributed by atoms with Gasteiger partial charge in [-0.1, -0.05) is 17.7 Å². The zero-order valence-electron chi connectivity index (χ0n) is 17.3. The number of carbonyl (C=O) groups excluding carboxylic acids is 2. The van der Waals surface area contributed by atoms with Crippen molar-refractivity contribution in [3.63, 3.8) is 0 Å². The quantitative estimate of drug-likeness (QED) is 0.669. The van der Waals surface area contributed by atoms with Crippen LogP contribution in [0.4, 0.5) is 10.5 Å². The van der Waals surface area contributed by atoms with Gasteiger partial charge >= 0.3 is 6.09 Å². The molecule has 0 aromatic carbocycles. The minimum absolute atomic E-state index is 0.0195. The van der Waals surface area contributed by atoms with Crippen LogP contribution in [0.15, 0.2) is 42.9 Å². The van der Waals surface area contributed by atoms with E-state index in [0.29, 0.717) is 36.6 Å². The van der Waals surface area contributed by atoms with Crippen molar-refractivity contribution in [2.45, 2.75) is 45.3 Å². The standard InChI is InChI=1S/C22H25ClN4O3/c1-21(2,3)30-20(29)26-10-7-22(8-11-26)18(17-6-4-5-9-25-17)27(19(22)28)16-12-15(23)13-24-14-16/h4-6,9,12-14,18H,7-8,10-11H2,1-3H3. The number of carbonyl (C=O) groups is 2. The minimum Gasteiger partial charge on any atom is -0.444 e. The fourth-order valence-corrected chi connectivity index (χ4v) is 4.48. The fraction of sp³-hybridized carbons (Fsp3) is 0.455. The summed E-state index contributed by atoms with van der Waals surface area (Å²) in [4.78, 5) is 38.0. The Morgan fingerprint density at radius 2 is 1.97 bits per heavy atom. The second kappa shape index (κ2) is 7.54. The van der Waals surface area contributed by atoms with Crippen molar-refractivity contribution in [3.05, 3.63) is 53.6 Å². The molecule has 2 saturated heterocycles. The molecule has 2 aliphatic heterocycles. The number of pyridine rings is 2. The number of piperidine rings is 1. The molecule has 0 radical (unpaired) electrons. The predicted octanol–water partition coefficient (Wildman–Crippen LogP) is 4.24. The number of halogens is 1. The van der Waals surface area contributed by atoms with Crippen molar-refractivity contribution in [2.24, 2.45) is 5.41 Å². The molecule has 0 bridgehead atoms. The molecule has 4 rings (SSSR count). The summed E-state index contributed by atoms with van der Waals surface area (Å²) < 4.78 is 5.50. The molecule has 4 heterocycles. The molecular formula is C22H25ClN4O3. The molecule has 0 N–H and O–H groups in total. The molecule has 2 aliphatic rings. The summed E-state index contributed by atoms with van der Waals surface area (Å²) in [7, 11) is 0. The molecule has 30 heavy (non-hydrogen) atoms. The normalized spacial score (nSPS) is 20.8. The van der Waals surface area contributed by atoms with E-state index in [1.54, 1.807) is 34.5 Å². The van der Waals surface area contributed by atoms with Crippen LogP contribution in [0, 0.1) is 5.41 Å². The Labute approximate surface area is 181 Å². The van der Waals surface area contributed by atoms with Gasteiger partial charge in [0, 0.05) is 25.5 Å². The summed E-state index contributed by atoms with van der Waals surface area (Å²) >= 11 is 6.12. The fourth-order valence-electron chi connectivity index (χ4n) is 4.31. The van der Waals surface area contributed by atoms with E-state index in [-0.39, 0.29) is 18.0 Å². The Morgan fingerprint density at radius 3 is 2.57 bits per heavy atom. The zero-order chi connectivity index (χ0) is 21.5. The average Bonchev–Trinajstić information content (AvgIpc) is 2.71. The van der Waals surface area contributed by atoms with Crippen molar-refractivity contribution in [2.75, 3.05) is 18.0 Å². The smallest absolute Gasteiger partial charge is 0.410 e. The maximum Gasteiger partial charge on any atom is 0.410 e. The molecule has 1 atom stereocenters. The number of ether oxygens (including phenoxy) is 1. The lowest BCUT2D eigenvalue weighted by atomic mass is 9.63. The maximum absolute atomic E-state index is 13.4. The molecule has 2 aromatic rings. The van der Waals surface area contributed by atoms with Gasteiger partial charge < -0.3 is 14.5 Å². The highest BCUT2D eigenvalue weighted by Gasteiger charge is 2.63. The summed E-state index contributed by atoms with van der Waals surface area (Å²) in [5.41, 5.74) is 0.326. The first-order valence-electron chi connectivity index (χ1n) is 10.0. The van der Waals surface area contributed by atoms with Crippen LogP contribution in [-0.4, -0.2) is 45.6 Å². The number of nitrogens with zero attached hydrogens (tertiary/aromatic N) is 4. The lowest BCUT2D eigenvalue weighted by molar-refractivity contribution is -0.145. The summed E-state index contributed by atoms with van der Waals surface area (Å²) in [6, 6.07) is 7.22. The van der Waals surface area contributed by atoms with Crippen molar-refractivity contribution in [1.29, 1.82) is 0 Å². The topological polar surface area (TPSA) is 75.6 Å². The molecule has 2 aromatic heterocycles. The summed E-state index contributed by atoms with van der Waals surface area (Å²) in [5, 5.41) is 0.473. The van der Waals surface area contributed by atoms with Crippen LogP contribution in [0.2, 0.25) is 5.02 Å². The number of β-lactam (4-membered cyclic amide) rings is 1. The van der Waals surface area contributed by atoms with E-state index >= 15 is 0 Å². The number of hydrogen-bond acceptors (Lipinski definition) is 5. The molecule has 7 nitrogen and oxygen atoms in total. The van der Waals surface area contributed by atoms with Gasteiger partial charge in [-0.05, 0) is 51.8 Å². The van der Waals surface area contributed by atoms with Crippen molar-refractivity contribution >= 4 is 29.3 Å². The van der Waals surface area contributed by atoms with Gasteiger partial charge in [0.1, 0.15) is 5.60 Å². The average molecular weight is 429 g/mol. The number of amides is 2. The highest BCUT2D eigenvalue weighted by Crippen LogP contribution is 2.57. The monoisotopic (exact) mass is 428 g/mol. The van der Waals surface area contributed by atoms with Crippen LogP contribution >= 0.6 is 11.6 Å². The second-order valence-corrected chi connectivity index (χ2v) is 9.25. The van der Waals surface area contributed by atoms with Gasteiger partial charge in [0.25, 0.3) is 0 Å². The number of anilines is 1. The Balaban J connectivity index is 1.60. The highest BCUT2D eigenvalue weighted by molar-refractivity contribution is 6.30. The first-order valence-corrected chi connectivity index (χ1v) is 10.4. The molecule has 0 saturated carbocycles. The van der Waals surface area contributed by atoms with Crippen LogP contribution in [0.5, 0.6) is 0 Å². The van der Waals surface area contributed by atoms with Crippen LogP contribution < -0.4 is 4.90 Å². The Morgan fingerprint density at radius 1 is 1.23 bits per heavy atom. The van der Waals surface area contributed by atoms with Crippen LogP contribution in [0.25, 0.3) is 0 Å². The molecule has 158 valence electrons. The zero-order valence-corrected chi connectivity index (χ0v) is 18.1. The lowest BCUT2D eigenvalue weighted by Crippen LogP contribution is -2.67. The molecule has 2 fully saturated rings. The number of aromatic nitrogens is 2. The molecule has 1 spiro atoms. The van der Waals surface area contributed by atoms with Gasteiger partial charge in [0.05, 0.1) is 34.1 Å². The third kappa shape index (κ3) is 3.62. The maximum atomic E-state index is 13.4. The van der Waals surface area contributed by atoms with Gasteiger partial charge in [-0.15, -0.1) is 0 Å². The summed E-state index contributed by atoms with van der Waals surface area (Å²) in [6.07, 6.45) is 5.68. The Bertz CT molecular complexity index is 952. The van der Waals surface area contributed by atoms with Gasteiger partial charge in [-0.3, -0.25) is 14.8 Å². The predicted molar refractivity (Wildman–Crippen MR) is 113 cm³/mol. The lowest BCUT2D eigenvalue weighted by Gasteiger charge is -2.58. The minimum atomic E-state index is -0.602. The highest BCUT2D eigenvalue weighted by atomic mass is 35.5. The van der Waals surface area contributed by atoms with Crippen molar-refractivity contribution < 1.29 is 14.3 Å². The number of hydrogen-bond donors (Lipinski definition) is 0. The molecular weight excluding hydrogens is 404 g/mol. The van der Waals surface area contributed by atoms with E-state index in [2.05, 4.69) is 9.97 Å². The molecule has 1 unspecified atom stereocenters. The molecule has 8 heteroatoms. The van der Waals surface area contributed by atoms with Crippen molar-refractivity contribution in [1.82, 2.24) is 14.9 Å². The van der Waals surface area contributed by atoms with Gasteiger partial charge in [0.2, 0.25) is 5.91 Å². The molecule has 2 amide bonds. The van der Waals surface area contributed by atoms with E-state index < -0.39 is 11.0 Å². The van der Waals surface area contributed by atoms with E-state index in [1.165, 1.54) is 0 Å².